The average molecular weight is 381 g/mol. The van der Waals surface area contributed by atoms with Crippen LogP contribution in [0.25, 0.3) is 0 Å². The first-order chi connectivity index (χ1) is 8.39. The third-order valence-electron chi connectivity index (χ3n) is 5.23. The lowest BCUT2D eigenvalue weighted by Crippen LogP contribution is -2.63. The summed E-state index contributed by atoms with van der Waals surface area (Å²) in [4.78, 5) is 4.65. The number of hydrogen-bond donors (Lipinski definition) is 2. The van der Waals surface area contributed by atoms with E-state index in [9.17, 15) is 0 Å². The third-order valence-corrected chi connectivity index (χ3v) is 5.23. The van der Waals surface area contributed by atoms with Crippen molar-refractivity contribution in [1.82, 2.24) is 5.32 Å². The van der Waals surface area contributed by atoms with E-state index in [2.05, 4.69) is 31.1 Å². The van der Waals surface area contributed by atoms with Crippen LogP contribution in [0.3, 0.4) is 0 Å². The molecular formula is C14H28IN3O. The van der Waals surface area contributed by atoms with Crippen LogP contribution in [-0.2, 0) is 4.74 Å². The van der Waals surface area contributed by atoms with Crippen LogP contribution in [0.1, 0.15) is 52.9 Å². The van der Waals surface area contributed by atoms with Crippen LogP contribution in [0, 0.1) is 5.41 Å². The Hall–Kier alpha value is -0.0400. The highest BCUT2D eigenvalue weighted by molar-refractivity contribution is 14.0. The van der Waals surface area contributed by atoms with Gasteiger partial charge >= 0.3 is 0 Å². The second-order valence-electron chi connectivity index (χ2n) is 6.52. The molecule has 0 amide bonds. The van der Waals surface area contributed by atoms with Gasteiger partial charge in [0.2, 0.25) is 0 Å². The minimum Gasteiger partial charge on any atom is -0.378 e. The lowest BCUT2D eigenvalue weighted by Gasteiger charge is -2.57. The van der Waals surface area contributed by atoms with Crippen molar-refractivity contribution in [3.05, 3.63) is 0 Å². The fraction of sp³-hybridized carbons (Fsp3) is 0.929. The van der Waals surface area contributed by atoms with Crippen LogP contribution in [0.4, 0.5) is 0 Å². The fourth-order valence-corrected chi connectivity index (χ4v) is 3.15. The lowest BCUT2D eigenvalue weighted by atomic mass is 9.56. The Morgan fingerprint density at radius 1 is 1.26 bits per heavy atom. The molecule has 2 fully saturated rings. The number of ether oxygens (including phenoxy) is 1. The number of hydrogen-bond acceptors (Lipinski definition) is 2. The van der Waals surface area contributed by atoms with Crippen LogP contribution >= 0.6 is 24.0 Å². The van der Waals surface area contributed by atoms with Crippen molar-refractivity contribution in [3.8, 4) is 0 Å². The van der Waals surface area contributed by atoms with Crippen molar-refractivity contribution in [1.29, 1.82) is 0 Å². The van der Waals surface area contributed by atoms with E-state index >= 15 is 0 Å². The Bertz CT molecular complexity index is 340. The van der Waals surface area contributed by atoms with Crippen LogP contribution in [0.15, 0.2) is 4.99 Å². The fourth-order valence-electron chi connectivity index (χ4n) is 3.15. The first-order valence-electron chi connectivity index (χ1n) is 7.04. The third kappa shape index (κ3) is 3.17. The van der Waals surface area contributed by atoms with Gasteiger partial charge in [0, 0.05) is 18.6 Å². The molecule has 0 aliphatic heterocycles. The van der Waals surface area contributed by atoms with Crippen LogP contribution in [0.5, 0.6) is 0 Å². The summed E-state index contributed by atoms with van der Waals surface area (Å²) in [6.45, 7) is 6.56. The van der Waals surface area contributed by atoms with E-state index in [4.69, 9.17) is 10.5 Å². The van der Waals surface area contributed by atoms with Gasteiger partial charge in [0.05, 0.1) is 11.6 Å². The normalized spacial score (nSPS) is 34.5. The van der Waals surface area contributed by atoms with Gasteiger partial charge < -0.3 is 15.8 Å². The Kier molecular flexibility index (Phi) is 5.52. The monoisotopic (exact) mass is 381 g/mol. The van der Waals surface area contributed by atoms with Gasteiger partial charge in [-0.25, -0.2) is 4.99 Å². The maximum absolute atomic E-state index is 6.01. The molecule has 0 aromatic rings. The van der Waals surface area contributed by atoms with E-state index in [0.717, 1.165) is 6.42 Å². The van der Waals surface area contributed by atoms with E-state index in [1.165, 1.54) is 25.7 Å². The summed E-state index contributed by atoms with van der Waals surface area (Å²) in [6, 6.07) is 0.794. The number of methoxy groups -OCH3 is 1. The van der Waals surface area contributed by atoms with Gasteiger partial charge in [0.15, 0.2) is 5.96 Å². The first-order valence-corrected chi connectivity index (χ1v) is 7.04. The molecule has 2 rings (SSSR count). The van der Waals surface area contributed by atoms with E-state index in [1.807, 2.05) is 0 Å². The number of rotatable bonds is 3. The van der Waals surface area contributed by atoms with Crippen molar-refractivity contribution >= 4 is 29.9 Å². The summed E-state index contributed by atoms with van der Waals surface area (Å²) in [5, 5.41) is 3.35. The summed E-state index contributed by atoms with van der Waals surface area (Å²) >= 11 is 0. The predicted molar refractivity (Wildman–Crippen MR) is 90.0 cm³/mol. The maximum Gasteiger partial charge on any atom is 0.189 e. The molecule has 0 bridgehead atoms. The Morgan fingerprint density at radius 3 is 2.32 bits per heavy atom. The number of nitrogens with one attached hydrogen (secondary N) is 1. The highest BCUT2D eigenvalue weighted by Gasteiger charge is 2.58. The molecule has 0 aromatic heterocycles. The molecule has 0 saturated heterocycles. The molecular weight excluding hydrogens is 353 g/mol. The summed E-state index contributed by atoms with van der Waals surface area (Å²) in [5.41, 5.74) is 5.98. The Balaban J connectivity index is 0.00000180. The largest absolute Gasteiger partial charge is 0.378 e. The van der Waals surface area contributed by atoms with Crippen LogP contribution < -0.4 is 11.1 Å². The zero-order valence-corrected chi connectivity index (χ0v) is 14.9. The minimum atomic E-state index is -0.0746. The Morgan fingerprint density at radius 2 is 1.84 bits per heavy atom. The van der Waals surface area contributed by atoms with E-state index in [1.54, 1.807) is 7.11 Å². The Labute approximate surface area is 134 Å². The van der Waals surface area contributed by atoms with Crippen molar-refractivity contribution in [2.75, 3.05) is 7.11 Å². The average Bonchev–Trinajstić information content (AvgIpc) is 2.80. The first kappa shape index (κ1) is 17.0. The summed E-state index contributed by atoms with van der Waals surface area (Å²) in [5.74, 6) is 0.609. The molecule has 2 unspecified atom stereocenters. The van der Waals surface area contributed by atoms with E-state index < -0.39 is 0 Å². The van der Waals surface area contributed by atoms with Gasteiger partial charge in [0.1, 0.15) is 0 Å². The zero-order chi connectivity index (χ0) is 13.4. The SMILES string of the molecule is COC1(C)CC(N=C(N)NC2CCCC2)C1(C)C.I. The summed E-state index contributed by atoms with van der Waals surface area (Å²) < 4.78 is 5.60. The highest BCUT2D eigenvalue weighted by atomic mass is 127. The molecule has 5 heteroatoms. The second-order valence-corrected chi connectivity index (χ2v) is 6.52. The molecule has 2 aliphatic carbocycles. The number of aliphatic imine (C=N–C) groups is 1. The molecule has 0 heterocycles. The van der Waals surface area contributed by atoms with Gasteiger partial charge in [-0.15, -0.1) is 24.0 Å². The van der Waals surface area contributed by atoms with E-state index in [0.29, 0.717) is 12.0 Å². The molecule has 3 N–H and O–H groups in total. The maximum atomic E-state index is 6.01. The van der Waals surface area contributed by atoms with Crippen molar-refractivity contribution in [2.45, 2.75) is 70.6 Å². The molecule has 0 aromatic carbocycles. The van der Waals surface area contributed by atoms with Gasteiger partial charge in [0.25, 0.3) is 0 Å². The number of halogens is 1. The zero-order valence-electron chi connectivity index (χ0n) is 12.5. The summed E-state index contributed by atoms with van der Waals surface area (Å²) in [6.07, 6.45) is 6.01. The quantitative estimate of drug-likeness (QED) is 0.449. The minimum absolute atomic E-state index is 0. The van der Waals surface area contributed by atoms with Crippen molar-refractivity contribution in [2.24, 2.45) is 16.1 Å². The standard InChI is InChI=1S/C14H27N3O.HI/c1-13(2)11(9-14(13,3)18-4)17-12(15)16-10-7-5-6-8-10;/h10-11H,5-9H2,1-4H3,(H3,15,16,17);1H. The number of nitrogens with zero attached hydrogens (tertiary/aromatic N) is 1. The highest BCUT2D eigenvalue weighted by Crippen LogP contribution is 2.53. The predicted octanol–water partition coefficient (Wildman–Crippen LogP) is 2.65. The number of guanidine groups is 1. The van der Waals surface area contributed by atoms with Gasteiger partial charge in [-0.2, -0.15) is 0 Å². The van der Waals surface area contributed by atoms with Crippen molar-refractivity contribution < 1.29 is 4.74 Å². The summed E-state index contributed by atoms with van der Waals surface area (Å²) in [7, 11) is 1.78. The molecule has 2 saturated carbocycles. The molecule has 4 nitrogen and oxygen atoms in total. The second kappa shape index (κ2) is 6.16. The number of nitrogens with two attached hydrogens (primary N) is 1. The molecule has 2 aliphatic rings. The molecule has 112 valence electrons. The van der Waals surface area contributed by atoms with Crippen LogP contribution in [-0.4, -0.2) is 30.8 Å². The smallest absolute Gasteiger partial charge is 0.189 e. The van der Waals surface area contributed by atoms with Gasteiger partial charge in [-0.1, -0.05) is 26.7 Å². The molecule has 19 heavy (non-hydrogen) atoms. The van der Waals surface area contributed by atoms with Gasteiger partial charge in [-0.3, -0.25) is 0 Å². The molecule has 0 spiro atoms. The van der Waals surface area contributed by atoms with Gasteiger partial charge in [-0.05, 0) is 26.2 Å². The van der Waals surface area contributed by atoms with Crippen LogP contribution in [0.2, 0.25) is 0 Å². The lowest BCUT2D eigenvalue weighted by molar-refractivity contribution is -0.171. The van der Waals surface area contributed by atoms with Crippen molar-refractivity contribution in [3.63, 3.8) is 0 Å². The molecule has 0 radical (unpaired) electrons. The van der Waals surface area contributed by atoms with E-state index in [-0.39, 0.29) is 41.0 Å². The molecule has 2 atom stereocenters. The topological polar surface area (TPSA) is 59.6 Å².